The van der Waals surface area contributed by atoms with Crippen LogP contribution in [0, 0.1) is 23.7 Å². The van der Waals surface area contributed by atoms with Gasteiger partial charge >= 0.3 is 5.97 Å². The molecule has 4 N–H and O–H groups in total. The third-order valence-corrected chi connectivity index (χ3v) is 13.4. The standard InChI is InChI=1S/C45H67N5O11S/c1-12-33-45(9,55)40-26(5)36(48-35(51)13-2)24(3)19-44(8,57-22-31(21-56-40)49-58-20-29-14-16-30(17-15-29)41-47-34(46)23-62-41)39(27(6)37(52)28(7)42(54)60-33)61-43-38(53)32(50(10)11)18-25(4)59-43/h14-17,23-28,32-33,38-40,43,53,55H,12-13,18-22,46H2,1-11H3/b48-36?,49-31+/t24-,25-,26+,27+,28-,32+,33-,38-,39-,40+,43+,44-,45-/m1/s1. The molecule has 2 aromatic rings. The molecule has 3 saturated heterocycles. The minimum Gasteiger partial charge on any atom is -0.459 e. The molecule has 3 aliphatic rings. The number of benzene rings is 1. The van der Waals surface area contributed by atoms with Crippen LogP contribution in [-0.2, 0) is 49.5 Å². The van der Waals surface area contributed by atoms with Crippen molar-refractivity contribution in [3.8, 4) is 10.6 Å². The predicted molar refractivity (Wildman–Crippen MR) is 235 cm³/mol. The molecule has 62 heavy (non-hydrogen) atoms. The summed E-state index contributed by atoms with van der Waals surface area (Å²) in [6.07, 6.45) is -5.00. The number of nitrogens with zero attached hydrogens (tertiary/aromatic N) is 4. The number of nitrogens with two attached hydrogens (primary N) is 1. The van der Waals surface area contributed by atoms with Crippen molar-refractivity contribution in [3.05, 3.63) is 35.2 Å². The Morgan fingerprint density at radius 3 is 2.37 bits per heavy atom. The van der Waals surface area contributed by atoms with E-state index in [4.69, 9.17) is 34.3 Å². The Labute approximate surface area is 369 Å². The topological polar surface area (TPSA) is 214 Å². The van der Waals surface area contributed by atoms with E-state index in [2.05, 4.69) is 15.1 Å². The Morgan fingerprint density at radius 2 is 1.76 bits per heavy atom. The minimum atomic E-state index is -1.86. The lowest BCUT2D eigenvalue weighted by Gasteiger charge is -2.47. The van der Waals surface area contributed by atoms with Crippen LogP contribution in [-0.4, -0.2) is 131 Å². The van der Waals surface area contributed by atoms with Gasteiger partial charge in [-0.3, -0.25) is 14.4 Å². The largest absolute Gasteiger partial charge is 0.459 e. The highest BCUT2D eigenvalue weighted by Gasteiger charge is 2.53. The number of ketones is 1. The van der Waals surface area contributed by atoms with Gasteiger partial charge in [0, 0.05) is 41.0 Å². The molecule has 0 unspecified atom stereocenters. The number of hydrogen-bond donors (Lipinski definition) is 3. The van der Waals surface area contributed by atoms with Gasteiger partial charge in [0.2, 0.25) is 5.91 Å². The number of ether oxygens (including phenoxy) is 5. The van der Waals surface area contributed by atoms with Gasteiger partial charge in [-0.15, -0.1) is 11.3 Å². The lowest BCUT2D eigenvalue weighted by molar-refractivity contribution is -0.296. The predicted octanol–water partition coefficient (Wildman–Crippen LogP) is 5.22. The lowest BCUT2D eigenvalue weighted by atomic mass is 9.73. The van der Waals surface area contributed by atoms with Gasteiger partial charge in [-0.2, -0.15) is 0 Å². The van der Waals surface area contributed by atoms with Crippen LogP contribution in [0.4, 0.5) is 5.82 Å². The highest BCUT2D eigenvalue weighted by molar-refractivity contribution is 7.13. The van der Waals surface area contributed by atoms with Gasteiger partial charge in [0.15, 0.2) is 12.1 Å². The number of carbonyl (C=O) groups is 3. The summed E-state index contributed by atoms with van der Waals surface area (Å²) in [5.74, 6) is -4.78. The number of fused-ring (bicyclic) bond motifs is 5. The summed E-state index contributed by atoms with van der Waals surface area (Å²) in [5, 5.41) is 31.3. The Bertz CT molecular complexity index is 1920. The number of thiazole rings is 1. The molecule has 0 spiro atoms. The number of anilines is 1. The van der Waals surface area contributed by atoms with Gasteiger partial charge in [0.05, 0.1) is 37.1 Å². The first-order valence-corrected chi connectivity index (χ1v) is 22.5. The number of oxime groups is 1. The quantitative estimate of drug-likeness (QED) is 0.167. The summed E-state index contributed by atoms with van der Waals surface area (Å²) < 4.78 is 32.6. The maximum atomic E-state index is 14.6. The van der Waals surface area contributed by atoms with Crippen LogP contribution in [0.3, 0.4) is 0 Å². The molecular formula is C45H67N5O11S. The van der Waals surface area contributed by atoms with Crippen molar-refractivity contribution in [2.45, 2.75) is 149 Å². The van der Waals surface area contributed by atoms with Crippen molar-refractivity contribution in [1.82, 2.24) is 9.88 Å². The Hall–Kier alpha value is -3.68. The van der Waals surface area contributed by atoms with Crippen molar-refractivity contribution in [2.75, 3.05) is 33.0 Å². The number of aliphatic imine (C=N–C) groups is 1. The van der Waals surface area contributed by atoms with E-state index in [-0.39, 0.29) is 57.1 Å². The van der Waals surface area contributed by atoms with Crippen LogP contribution in [0.25, 0.3) is 10.6 Å². The van der Waals surface area contributed by atoms with E-state index < -0.39 is 77.3 Å². The average Bonchev–Trinajstić information content (AvgIpc) is 3.67. The zero-order valence-corrected chi connectivity index (χ0v) is 38.8. The van der Waals surface area contributed by atoms with Crippen LogP contribution in [0.5, 0.6) is 0 Å². The number of esters is 1. The number of hydrogen-bond acceptors (Lipinski definition) is 16. The van der Waals surface area contributed by atoms with Crippen LogP contribution >= 0.6 is 11.3 Å². The zero-order valence-electron chi connectivity index (χ0n) is 38.0. The second-order valence-corrected chi connectivity index (χ2v) is 18.7. The molecule has 3 fully saturated rings. The fraction of sp³-hybridized carbons (Fsp3) is 0.689. The number of nitrogen functional groups attached to an aromatic ring is 1. The Kier molecular flexibility index (Phi) is 16.6. The van der Waals surface area contributed by atoms with E-state index in [1.165, 1.54) is 25.2 Å². The van der Waals surface area contributed by atoms with Crippen molar-refractivity contribution in [1.29, 1.82) is 0 Å². The summed E-state index contributed by atoms with van der Waals surface area (Å²) in [6.45, 7) is 15.3. The van der Waals surface area contributed by atoms with Gasteiger partial charge in [-0.25, -0.2) is 9.98 Å². The zero-order chi connectivity index (χ0) is 45.7. The second-order valence-electron chi connectivity index (χ2n) is 17.8. The van der Waals surface area contributed by atoms with Crippen molar-refractivity contribution in [3.63, 3.8) is 0 Å². The number of cyclic esters (lactones) is 1. The maximum absolute atomic E-state index is 14.6. The van der Waals surface area contributed by atoms with E-state index in [9.17, 15) is 24.6 Å². The molecule has 2 bridgehead atoms. The van der Waals surface area contributed by atoms with Crippen molar-refractivity contribution in [2.24, 2.45) is 33.8 Å². The maximum Gasteiger partial charge on any atom is 0.316 e. The molecule has 16 nitrogen and oxygen atoms in total. The molecule has 4 heterocycles. The van der Waals surface area contributed by atoms with E-state index >= 15 is 0 Å². The molecule has 0 aliphatic carbocycles. The van der Waals surface area contributed by atoms with E-state index in [1.54, 1.807) is 33.1 Å². The highest BCUT2D eigenvalue weighted by atomic mass is 32.1. The molecule has 1 aromatic carbocycles. The van der Waals surface area contributed by atoms with Gasteiger partial charge in [-0.05, 0) is 72.5 Å². The number of aliphatic hydroxyl groups excluding tert-OH is 1. The number of aliphatic hydroxyl groups is 2. The molecule has 1 aromatic heterocycles. The summed E-state index contributed by atoms with van der Waals surface area (Å²) in [7, 11) is 3.74. The first-order chi connectivity index (χ1) is 29.2. The molecular weight excluding hydrogens is 819 g/mol. The van der Waals surface area contributed by atoms with Gasteiger partial charge in [-0.1, -0.05) is 64.0 Å². The van der Waals surface area contributed by atoms with Crippen molar-refractivity contribution < 1.29 is 53.1 Å². The van der Waals surface area contributed by atoms with Crippen LogP contribution in [0.15, 0.2) is 39.8 Å². The third kappa shape index (κ3) is 11.3. The summed E-state index contributed by atoms with van der Waals surface area (Å²) in [6, 6.07) is 7.33. The average molecular weight is 886 g/mol. The fourth-order valence-electron chi connectivity index (χ4n) is 9.01. The molecule has 5 rings (SSSR count). The number of rotatable bonds is 9. The monoisotopic (exact) mass is 885 g/mol. The van der Waals surface area contributed by atoms with Crippen LogP contribution in [0.2, 0.25) is 0 Å². The van der Waals surface area contributed by atoms with Gasteiger partial charge in [0.25, 0.3) is 0 Å². The Balaban J connectivity index is 1.64. The first kappa shape index (κ1) is 49.3. The minimum absolute atomic E-state index is 0.0940. The van der Waals surface area contributed by atoms with E-state index in [0.717, 1.165) is 16.1 Å². The normalized spacial score (nSPS) is 36.8. The fourth-order valence-corrected chi connectivity index (χ4v) is 9.72. The molecule has 17 heteroatoms. The molecule has 13 atom stereocenters. The molecule has 0 radical (unpaired) electrons. The molecule has 344 valence electrons. The number of amides is 1. The lowest BCUT2D eigenvalue weighted by Crippen LogP contribution is -2.60. The van der Waals surface area contributed by atoms with Gasteiger partial charge in [0.1, 0.15) is 46.9 Å². The second kappa shape index (κ2) is 20.9. The third-order valence-electron chi connectivity index (χ3n) is 12.5. The summed E-state index contributed by atoms with van der Waals surface area (Å²) in [4.78, 5) is 58.5. The van der Waals surface area contributed by atoms with Gasteiger partial charge < -0.3 is 49.4 Å². The highest BCUT2D eigenvalue weighted by Crippen LogP contribution is 2.40. The number of aromatic nitrogens is 1. The van der Waals surface area contributed by atoms with Crippen LogP contribution in [0.1, 0.15) is 93.6 Å². The van der Waals surface area contributed by atoms with Crippen molar-refractivity contribution >= 4 is 46.2 Å². The molecule has 3 aliphatic heterocycles. The number of carbonyl (C=O) groups excluding carboxylic acids is 3. The first-order valence-electron chi connectivity index (χ1n) is 21.7. The smallest absolute Gasteiger partial charge is 0.316 e. The number of Topliss-reactive ketones (excluding diaryl/α,β-unsaturated/α-hetero) is 1. The number of likely N-dealkylation sites (N-methyl/N-ethyl adjacent to an activating group) is 1. The summed E-state index contributed by atoms with van der Waals surface area (Å²) in [5.41, 5.74) is 5.04. The SMILES string of the molecule is CCC(=O)N=C1[C@H](C)C[C@@]2(C)OC/C(=N/OCc3ccc(-c4nc(N)cs4)cc3)CO[C@@H]([C@H]1C)[C@](C)(O)[C@@H](CC)OC(=O)[C@H](C)C(=O)[C@H](C)[C@H]2O[C@@H]1O[C@H](C)C[C@H](N(C)C)[C@H]1O. The van der Waals surface area contributed by atoms with E-state index in [0.29, 0.717) is 23.7 Å². The summed E-state index contributed by atoms with van der Waals surface area (Å²) >= 11 is 1.45. The Morgan fingerprint density at radius 1 is 1.06 bits per heavy atom. The van der Waals surface area contributed by atoms with Crippen LogP contribution < -0.4 is 5.73 Å². The van der Waals surface area contributed by atoms with E-state index in [1.807, 2.05) is 64.0 Å². The molecule has 1 amide bonds. The molecule has 0 saturated carbocycles.